The van der Waals surface area contributed by atoms with Gasteiger partial charge < -0.3 is 15.1 Å². The number of nitrogens with one attached hydrogen (secondary N) is 1. The number of para-hydroxylation sites is 1. The van der Waals surface area contributed by atoms with Crippen LogP contribution in [0.5, 0.6) is 0 Å². The molecule has 182 valence electrons. The number of hydrogen-bond donors (Lipinski definition) is 1. The third-order valence-electron chi connectivity index (χ3n) is 7.16. The number of nitrogens with zero attached hydrogens (tertiary/aromatic N) is 2. The minimum Gasteiger partial charge on any atom is -0.368 e. The number of amides is 1. The standard InChI is InChI=1S/C28H28F3N3O/c1-19(20-8-4-2-5-9-20)32-27(35)24-17-21-16-22(28(29,30)31)12-13-25(21)34-15-14-33(18-26(24)34)23-10-6-3-7-11-23/h2-13,16,19,24,26H,14-15,17-18H2,1H3,(H,32,35)/t19-,24-,26+/m0/s1. The lowest BCUT2D eigenvalue weighted by Crippen LogP contribution is -2.61. The molecule has 1 N–H and O–H groups in total. The van der Waals surface area contributed by atoms with Crippen molar-refractivity contribution in [1.29, 1.82) is 0 Å². The second kappa shape index (κ2) is 9.29. The van der Waals surface area contributed by atoms with E-state index in [0.29, 0.717) is 18.7 Å². The number of carbonyl (C=O) groups is 1. The lowest BCUT2D eigenvalue weighted by atomic mass is 9.82. The van der Waals surface area contributed by atoms with Crippen molar-refractivity contribution in [2.45, 2.75) is 31.6 Å². The zero-order valence-electron chi connectivity index (χ0n) is 19.5. The fraction of sp³-hybridized carbons (Fsp3) is 0.321. The second-order valence-corrected chi connectivity index (χ2v) is 9.34. The van der Waals surface area contributed by atoms with Gasteiger partial charge in [0.05, 0.1) is 23.6 Å². The molecule has 0 unspecified atom stereocenters. The van der Waals surface area contributed by atoms with Crippen LogP contribution in [-0.4, -0.2) is 31.6 Å². The summed E-state index contributed by atoms with van der Waals surface area (Å²) in [4.78, 5) is 18.0. The minimum absolute atomic E-state index is 0.130. The van der Waals surface area contributed by atoms with E-state index in [1.54, 1.807) is 6.07 Å². The fourth-order valence-electron chi connectivity index (χ4n) is 5.32. The summed E-state index contributed by atoms with van der Waals surface area (Å²) in [6.45, 7) is 3.93. The van der Waals surface area contributed by atoms with Crippen LogP contribution in [0.3, 0.4) is 0 Å². The second-order valence-electron chi connectivity index (χ2n) is 9.34. The van der Waals surface area contributed by atoms with Crippen LogP contribution in [0, 0.1) is 5.92 Å². The average Bonchev–Trinajstić information content (AvgIpc) is 2.88. The molecule has 0 radical (unpaired) electrons. The molecule has 7 heteroatoms. The Kier molecular flexibility index (Phi) is 6.17. The van der Waals surface area contributed by atoms with Crippen molar-refractivity contribution in [2.75, 3.05) is 29.4 Å². The highest BCUT2D eigenvalue weighted by molar-refractivity contribution is 5.83. The molecule has 0 spiro atoms. The first-order valence-corrected chi connectivity index (χ1v) is 11.9. The Morgan fingerprint density at radius 2 is 1.66 bits per heavy atom. The van der Waals surface area contributed by atoms with Crippen molar-refractivity contribution >= 4 is 17.3 Å². The number of fused-ring (bicyclic) bond motifs is 3. The van der Waals surface area contributed by atoms with E-state index in [1.165, 1.54) is 6.07 Å². The Morgan fingerprint density at radius 1 is 0.971 bits per heavy atom. The fourth-order valence-corrected chi connectivity index (χ4v) is 5.32. The molecule has 0 aromatic heterocycles. The normalized spacial score (nSPS) is 20.6. The molecule has 5 rings (SSSR count). The monoisotopic (exact) mass is 479 g/mol. The molecule has 2 aliphatic heterocycles. The Hall–Kier alpha value is -3.48. The number of anilines is 2. The van der Waals surface area contributed by atoms with Gasteiger partial charge in [-0.15, -0.1) is 0 Å². The van der Waals surface area contributed by atoms with Gasteiger partial charge in [-0.1, -0.05) is 48.5 Å². The van der Waals surface area contributed by atoms with Crippen LogP contribution in [-0.2, 0) is 17.4 Å². The van der Waals surface area contributed by atoms with Crippen molar-refractivity contribution in [3.63, 3.8) is 0 Å². The molecule has 1 fully saturated rings. The SMILES string of the molecule is C[C@H](NC(=O)[C@H]1Cc2cc(C(F)(F)F)ccc2N2CCN(c3ccccc3)C[C@H]12)c1ccccc1. The van der Waals surface area contributed by atoms with Crippen LogP contribution >= 0.6 is 0 Å². The van der Waals surface area contributed by atoms with E-state index in [-0.39, 0.29) is 24.4 Å². The van der Waals surface area contributed by atoms with Crippen LogP contribution in [0.1, 0.15) is 29.7 Å². The molecule has 3 aromatic carbocycles. The molecule has 0 aliphatic carbocycles. The average molecular weight is 480 g/mol. The van der Waals surface area contributed by atoms with Gasteiger partial charge in [-0.2, -0.15) is 13.2 Å². The van der Waals surface area contributed by atoms with E-state index in [2.05, 4.69) is 27.2 Å². The predicted molar refractivity (Wildman–Crippen MR) is 131 cm³/mol. The molecule has 0 bridgehead atoms. The number of carbonyl (C=O) groups excluding carboxylic acids is 1. The van der Waals surface area contributed by atoms with Crippen LogP contribution < -0.4 is 15.1 Å². The molecule has 2 aliphatic rings. The highest BCUT2D eigenvalue weighted by Crippen LogP contribution is 2.40. The number of benzene rings is 3. The van der Waals surface area contributed by atoms with Gasteiger partial charge in [0.1, 0.15) is 0 Å². The molecular formula is C28H28F3N3O. The van der Waals surface area contributed by atoms with E-state index < -0.39 is 17.7 Å². The number of halogens is 3. The first-order valence-electron chi connectivity index (χ1n) is 11.9. The zero-order valence-corrected chi connectivity index (χ0v) is 19.5. The molecule has 0 saturated carbocycles. The van der Waals surface area contributed by atoms with Crippen LogP contribution in [0.2, 0.25) is 0 Å². The van der Waals surface area contributed by atoms with Crippen molar-refractivity contribution in [3.8, 4) is 0 Å². The van der Waals surface area contributed by atoms with Crippen molar-refractivity contribution in [1.82, 2.24) is 5.32 Å². The quantitative estimate of drug-likeness (QED) is 0.541. The third-order valence-corrected chi connectivity index (χ3v) is 7.16. The maximum atomic E-state index is 13.6. The van der Waals surface area contributed by atoms with Crippen LogP contribution in [0.15, 0.2) is 78.9 Å². The molecule has 3 aromatic rings. The summed E-state index contributed by atoms with van der Waals surface area (Å²) in [6.07, 6.45) is -4.14. The number of alkyl halides is 3. The van der Waals surface area contributed by atoms with Crippen molar-refractivity contribution in [3.05, 3.63) is 95.6 Å². The van der Waals surface area contributed by atoms with Gasteiger partial charge in [0, 0.05) is 31.0 Å². The summed E-state index contributed by atoms with van der Waals surface area (Å²) < 4.78 is 40.3. The first-order chi connectivity index (χ1) is 16.8. The Bertz CT molecular complexity index is 1180. The van der Waals surface area contributed by atoms with E-state index in [4.69, 9.17) is 0 Å². The Balaban J connectivity index is 1.46. The van der Waals surface area contributed by atoms with Gasteiger partial charge in [0.25, 0.3) is 0 Å². The molecule has 1 amide bonds. The molecule has 3 atom stereocenters. The first kappa shape index (κ1) is 23.3. The summed E-state index contributed by atoms with van der Waals surface area (Å²) in [5.41, 5.74) is 2.78. The Morgan fingerprint density at radius 3 is 2.34 bits per heavy atom. The maximum absolute atomic E-state index is 13.6. The van der Waals surface area contributed by atoms with Gasteiger partial charge in [0.2, 0.25) is 5.91 Å². The summed E-state index contributed by atoms with van der Waals surface area (Å²) in [7, 11) is 0. The number of piperazine rings is 1. The van der Waals surface area contributed by atoms with Crippen molar-refractivity contribution in [2.24, 2.45) is 5.92 Å². The number of rotatable bonds is 4. The zero-order chi connectivity index (χ0) is 24.6. The minimum atomic E-state index is -4.42. The topological polar surface area (TPSA) is 35.6 Å². The maximum Gasteiger partial charge on any atom is 0.416 e. The van der Waals surface area contributed by atoms with E-state index in [1.807, 2.05) is 55.5 Å². The van der Waals surface area contributed by atoms with E-state index in [9.17, 15) is 18.0 Å². The van der Waals surface area contributed by atoms with Gasteiger partial charge in [-0.3, -0.25) is 4.79 Å². The molecular weight excluding hydrogens is 451 g/mol. The molecule has 35 heavy (non-hydrogen) atoms. The van der Waals surface area contributed by atoms with Gasteiger partial charge in [0.15, 0.2) is 0 Å². The largest absolute Gasteiger partial charge is 0.416 e. The number of hydrogen-bond acceptors (Lipinski definition) is 3. The highest BCUT2D eigenvalue weighted by Gasteiger charge is 2.43. The summed E-state index contributed by atoms with van der Waals surface area (Å²) >= 11 is 0. The molecule has 2 heterocycles. The highest BCUT2D eigenvalue weighted by atomic mass is 19.4. The smallest absolute Gasteiger partial charge is 0.368 e. The van der Waals surface area contributed by atoms with E-state index in [0.717, 1.165) is 29.5 Å². The summed E-state index contributed by atoms with van der Waals surface area (Å²) in [5.74, 6) is -0.599. The Labute approximate surface area is 203 Å². The predicted octanol–water partition coefficient (Wildman–Crippen LogP) is 5.45. The van der Waals surface area contributed by atoms with Crippen molar-refractivity contribution < 1.29 is 18.0 Å². The van der Waals surface area contributed by atoms with Gasteiger partial charge >= 0.3 is 6.18 Å². The molecule has 4 nitrogen and oxygen atoms in total. The summed E-state index contributed by atoms with van der Waals surface area (Å²) in [6, 6.07) is 23.3. The van der Waals surface area contributed by atoms with Gasteiger partial charge in [-0.25, -0.2) is 0 Å². The summed E-state index contributed by atoms with van der Waals surface area (Å²) in [5, 5.41) is 3.12. The lowest BCUT2D eigenvalue weighted by molar-refractivity contribution is -0.137. The lowest BCUT2D eigenvalue weighted by Gasteiger charge is -2.50. The van der Waals surface area contributed by atoms with Crippen LogP contribution in [0.4, 0.5) is 24.5 Å². The van der Waals surface area contributed by atoms with Crippen LogP contribution in [0.25, 0.3) is 0 Å². The van der Waals surface area contributed by atoms with E-state index >= 15 is 0 Å². The molecule has 1 saturated heterocycles. The van der Waals surface area contributed by atoms with Gasteiger partial charge in [-0.05, 0) is 54.8 Å². The third kappa shape index (κ3) is 4.72.